The van der Waals surface area contributed by atoms with E-state index in [4.69, 9.17) is 5.26 Å². The molecule has 1 rings (SSSR count). The Morgan fingerprint density at radius 3 is 2.70 bits per heavy atom. The quantitative estimate of drug-likeness (QED) is 0.816. The maximum Gasteiger partial charge on any atom is 0.418 e. The molecule has 0 fully saturated rings. The summed E-state index contributed by atoms with van der Waals surface area (Å²) in [5.41, 5.74) is -1.09. The number of nitrogens with zero attached hydrogens (tertiary/aromatic N) is 1. The second-order valence-electron chi connectivity index (χ2n) is 3.91. The van der Waals surface area contributed by atoms with Crippen molar-refractivity contribution in [2.45, 2.75) is 19.0 Å². The minimum Gasteiger partial charge on any atom is -0.325 e. The Balaban J connectivity index is 2.53. The fourth-order valence-corrected chi connectivity index (χ4v) is 2.19. The van der Waals surface area contributed by atoms with Gasteiger partial charge in [-0.1, -0.05) is 12.1 Å². The van der Waals surface area contributed by atoms with Crippen LogP contribution in [0, 0.1) is 11.3 Å². The topological polar surface area (TPSA) is 52.9 Å². The summed E-state index contributed by atoms with van der Waals surface area (Å²) in [7, 11) is 0. The number of amides is 1. The lowest BCUT2D eigenvalue weighted by Crippen LogP contribution is -2.18. The Morgan fingerprint density at radius 1 is 1.35 bits per heavy atom. The first-order valence-corrected chi connectivity index (χ1v) is 7.01. The average Bonchev–Trinajstić information content (AvgIpc) is 2.38. The standard InChI is InChI=1S/C13H13F3N2OS/c14-13(15,16)10-5-1-2-6-11(10)18-12(19)9-20-8-4-3-7-17/h1-2,5-6H,3-4,8-9H2,(H,18,19). The van der Waals surface area contributed by atoms with Gasteiger partial charge < -0.3 is 5.32 Å². The van der Waals surface area contributed by atoms with Crippen molar-refractivity contribution in [1.29, 1.82) is 5.26 Å². The summed E-state index contributed by atoms with van der Waals surface area (Å²) in [5, 5.41) is 10.6. The molecule has 0 aliphatic rings. The van der Waals surface area contributed by atoms with Crippen molar-refractivity contribution in [2.24, 2.45) is 0 Å². The minimum absolute atomic E-state index is 0.0671. The van der Waals surface area contributed by atoms with Crippen LogP contribution in [0.25, 0.3) is 0 Å². The number of unbranched alkanes of at least 4 members (excludes halogenated alkanes) is 1. The number of nitrogens with one attached hydrogen (secondary N) is 1. The lowest BCUT2D eigenvalue weighted by Gasteiger charge is -2.13. The van der Waals surface area contributed by atoms with Crippen molar-refractivity contribution in [1.82, 2.24) is 0 Å². The average molecular weight is 302 g/mol. The summed E-state index contributed by atoms with van der Waals surface area (Å²) in [6, 6.07) is 6.84. The predicted molar refractivity (Wildman–Crippen MR) is 72.2 cm³/mol. The molecule has 20 heavy (non-hydrogen) atoms. The summed E-state index contributed by atoms with van der Waals surface area (Å²) in [5.74, 6) is 0.211. The van der Waals surface area contributed by atoms with Gasteiger partial charge in [0.1, 0.15) is 0 Å². The molecule has 108 valence electrons. The van der Waals surface area contributed by atoms with Crippen molar-refractivity contribution < 1.29 is 18.0 Å². The molecule has 0 unspecified atom stereocenters. The van der Waals surface area contributed by atoms with Crippen molar-refractivity contribution in [3.8, 4) is 6.07 Å². The van der Waals surface area contributed by atoms with E-state index in [0.717, 1.165) is 6.07 Å². The molecule has 0 radical (unpaired) electrons. The maximum atomic E-state index is 12.7. The van der Waals surface area contributed by atoms with Gasteiger partial charge in [-0.2, -0.15) is 30.2 Å². The number of thioether (sulfide) groups is 1. The van der Waals surface area contributed by atoms with Gasteiger partial charge in [-0.15, -0.1) is 0 Å². The van der Waals surface area contributed by atoms with Crippen LogP contribution in [0.4, 0.5) is 18.9 Å². The van der Waals surface area contributed by atoms with Gasteiger partial charge in [0.25, 0.3) is 0 Å². The SMILES string of the molecule is N#CCCCSCC(=O)Nc1ccccc1C(F)(F)F. The van der Waals surface area contributed by atoms with E-state index in [9.17, 15) is 18.0 Å². The Bertz CT molecular complexity index is 497. The number of hydrogen-bond donors (Lipinski definition) is 1. The maximum absolute atomic E-state index is 12.7. The summed E-state index contributed by atoms with van der Waals surface area (Å²) in [6.45, 7) is 0. The number of alkyl halides is 3. The Morgan fingerprint density at radius 2 is 2.05 bits per heavy atom. The zero-order valence-corrected chi connectivity index (χ0v) is 11.4. The number of carbonyl (C=O) groups excluding carboxylic acids is 1. The molecule has 0 aliphatic carbocycles. The number of para-hydroxylation sites is 1. The van der Waals surface area contributed by atoms with Gasteiger partial charge in [0, 0.05) is 6.42 Å². The van der Waals surface area contributed by atoms with Gasteiger partial charge in [-0.05, 0) is 24.3 Å². The summed E-state index contributed by atoms with van der Waals surface area (Å²) < 4.78 is 38.1. The molecule has 0 heterocycles. The Labute approximate surface area is 119 Å². The fourth-order valence-electron chi connectivity index (χ4n) is 1.44. The van der Waals surface area contributed by atoms with Crippen LogP contribution in [-0.4, -0.2) is 17.4 Å². The largest absolute Gasteiger partial charge is 0.418 e. The third-order valence-electron chi connectivity index (χ3n) is 2.32. The number of rotatable bonds is 6. The highest BCUT2D eigenvalue weighted by atomic mass is 32.2. The van der Waals surface area contributed by atoms with E-state index in [0.29, 0.717) is 18.6 Å². The Kier molecular flexibility index (Phi) is 6.39. The monoisotopic (exact) mass is 302 g/mol. The van der Waals surface area contributed by atoms with E-state index in [1.165, 1.54) is 30.0 Å². The minimum atomic E-state index is -4.50. The van der Waals surface area contributed by atoms with Crippen LogP contribution >= 0.6 is 11.8 Å². The van der Waals surface area contributed by atoms with Crippen LogP contribution in [-0.2, 0) is 11.0 Å². The van der Waals surface area contributed by atoms with Crippen molar-refractivity contribution in [3.05, 3.63) is 29.8 Å². The number of benzene rings is 1. The molecule has 0 saturated carbocycles. The molecule has 0 atom stereocenters. The summed E-state index contributed by atoms with van der Waals surface area (Å²) in [4.78, 5) is 11.6. The van der Waals surface area contributed by atoms with Gasteiger partial charge in [0.15, 0.2) is 0 Å². The number of anilines is 1. The predicted octanol–water partition coefficient (Wildman–Crippen LogP) is 3.68. The highest BCUT2D eigenvalue weighted by molar-refractivity contribution is 7.99. The molecule has 1 N–H and O–H groups in total. The number of carbonyl (C=O) groups is 1. The highest BCUT2D eigenvalue weighted by Crippen LogP contribution is 2.34. The lowest BCUT2D eigenvalue weighted by atomic mass is 10.1. The molecule has 1 amide bonds. The molecule has 1 aromatic rings. The van der Waals surface area contributed by atoms with Crippen LogP contribution in [0.5, 0.6) is 0 Å². The molecule has 0 spiro atoms. The van der Waals surface area contributed by atoms with E-state index in [1.54, 1.807) is 0 Å². The van der Waals surface area contributed by atoms with Crippen LogP contribution in [0.15, 0.2) is 24.3 Å². The second-order valence-corrected chi connectivity index (χ2v) is 5.01. The van der Waals surface area contributed by atoms with Gasteiger partial charge in [-0.3, -0.25) is 4.79 Å². The van der Waals surface area contributed by atoms with Gasteiger partial charge in [0.2, 0.25) is 5.91 Å². The van der Waals surface area contributed by atoms with Crippen LogP contribution in [0.2, 0.25) is 0 Å². The first kappa shape index (κ1) is 16.4. The van der Waals surface area contributed by atoms with E-state index in [-0.39, 0.29) is 11.4 Å². The van der Waals surface area contributed by atoms with E-state index in [2.05, 4.69) is 5.32 Å². The van der Waals surface area contributed by atoms with Crippen LogP contribution < -0.4 is 5.32 Å². The first-order valence-electron chi connectivity index (χ1n) is 5.86. The zero-order valence-electron chi connectivity index (χ0n) is 10.5. The Hall–Kier alpha value is -1.68. The molecule has 3 nitrogen and oxygen atoms in total. The molecule has 0 aliphatic heterocycles. The molecule has 0 bridgehead atoms. The number of nitriles is 1. The van der Waals surface area contributed by atoms with Crippen LogP contribution in [0.3, 0.4) is 0 Å². The van der Waals surface area contributed by atoms with Crippen molar-refractivity contribution in [2.75, 3.05) is 16.8 Å². The normalized spacial score (nSPS) is 10.9. The van der Waals surface area contributed by atoms with Gasteiger partial charge in [-0.25, -0.2) is 0 Å². The van der Waals surface area contributed by atoms with E-state index >= 15 is 0 Å². The highest BCUT2D eigenvalue weighted by Gasteiger charge is 2.33. The zero-order chi connectivity index (χ0) is 15.0. The molecular formula is C13H13F3N2OS. The van der Waals surface area contributed by atoms with Crippen molar-refractivity contribution >= 4 is 23.4 Å². The lowest BCUT2D eigenvalue weighted by molar-refractivity contribution is -0.137. The number of halogens is 3. The second kappa shape index (κ2) is 7.80. The van der Waals surface area contributed by atoms with Gasteiger partial charge in [0.05, 0.1) is 23.1 Å². The van der Waals surface area contributed by atoms with Crippen LogP contribution in [0.1, 0.15) is 18.4 Å². The summed E-state index contributed by atoms with van der Waals surface area (Å²) >= 11 is 1.29. The molecule has 1 aromatic carbocycles. The van der Waals surface area contributed by atoms with E-state index < -0.39 is 17.6 Å². The molecular weight excluding hydrogens is 289 g/mol. The van der Waals surface area contributed by atoms with Crippen molar-refractivity contribution in [3.63, 3.8) is 0 Å². The van der Waals surface area contributed by atoms with E-state index in [1.807, 2.05) is 6.07 Å². The first-order chi connectivity index (χ1) is 9.45. The summed E-state index contributed by atoms with van der Waals surface area (Å²) in [6.07, 6.45) is -3.43. The smallest absolute Gasteiger partial charge is 0.325 e. The molecule has 0 aromatic heterocycles. The third kappa shape index (κ3) is 5.53. The van der Waals surface area contributed by atoms with Gasteiger partial charge >= 0.3 is 6.18 Å². The molecule has 0 saturated heterocycles. The molecule has 7 heteroatoms. The third-order valence-corrected chi connectivity index (χ3v) is 3.36. The number of hydrogen-bond acceptors (Lipinski definition) is 3. The fraction of sp³-hybridized carbons (Fsp3) is 0.385.